The minimum atomic E-state index is -1.12. The van der Waals surface area contributed by atoms with Gasteiger partial charge in [-0.05, 0) is 6.92 Å². The summed E-state index contributed by atoms with van der Waals surface area (Å²) in [5, 5.41) is 21.4. The van der Waals surface area contributed by atoms with Crippen molar-refractivity contribution in [2.45, 2.75) is 26.0 Å². The first-order valence-electron chi connectivity index (χ1n) is 7.32. The van der Waals surface area contributed by atoms with E-state index in [2.05, 4.69) is 4.98 Å². The van der Waals surface area contributed by atoms with Crippen LogP contribution in [0.25, 0.3) is 10.4 Å². The third kappa shape index (κ3) is 1.70. The Morgan fingerprint density at radius 2 is 2.22 bits per heavy atom. The Balaban J connectivity index is 1.90. The van der Waals surface area contributed by atoms with E-state index in [1.165, 1.54) is 16.2 Å². The van der Waals surface area contributed by atoms with Crippen LogP contribution >= 0.6 is 11.3 Å². The van der Waals surface area contributed by atoms with Gasteiger partial charge in [0.05, 0.1) is 30.0 Å². The number of aromatic nitrogens is 2. The summed E-state index contributed by atoms with van der Waals surface area (Å²) in [6.45, 7) is 3.48. The summed E-state index contributed by atoms with van der Waals surface area (Å²) in [5.41, 5.74) is 1.40. The van der Waals surface area contributed by atoms with E-state index in [1.54, 1.807) is 19.4 Å². The van der Waals surface area contributed by atoms with Crippen molar-refractivity contribution in [1.82, 2.24) is 14.3 Å². The lowest BCUT2D eigenvalue weighted by atomic mass is 9.77. The number of carbonyl (C=O) groups excluding carboxylic acids is 1. The monoisotopic (exact) mass is 333 g/mol. The molecule has 0 radical (unpaired) electrons. The molecule has 23 heavy (non-hydrogen) atoms. The Kier molecular flexibility index (Phi) is 2.91. The van der Waals surface area contributed by atoms with Crippen molar-refractivity contribution in [1.29, 1.82) is 0 Å². The summed E-state index contributed by atoms with van der Waals surface area (Å²) in [7, 11) is 0. The third-order valence-electron chi connectivity index (χ3n) is 4.81. The minimum Gasteiger partial charge on any atom is -0.477 e. The summed E-state index contributed by atoms with van der Waals surface area (Å²) in [6.07, 6.45) is 2.56. The number of carboxylic acids is 1. The molecule has 4 heterocycles. The van der Waals surface area contributed by atoms with E-state index in [-0.39, 0.29) is 23.6 Å². The molecule has 4 atom stereocenters. The summed E-state index contributed by atoms with van der Waals surface area (Å²) < 4.78 is 1.84. The van der Waals surface area contributed by atoms with Crippen LogP contribution in [0.15, 0.2) is 23.6 Å². The van der Waals surface area contributed by atoms with Crippen LogP contribution in [-0.2, 0) is 9.59 Å². The maximum absolute atomic E-state index is 12.3. The minimum absolute atomic E-state index is 0.0257. The second kappa shape index (κ2) is 4.65. The van der Waals surface area contributed by atoms with Gasteiger partial charge in [0.25, 0.3) is 0 Å². The summed E-state index contributed by atoms with van der Waals surface area (Å²) >= 11 is 1.47. The van der Waals surface area contributed by atoms with Crippen molar-refractivity contribution >= 4 is 33.6 Å². The zero-order chi connectivity index (χ0) is 16.5. The molecule has 120 valence electrons. The number of amides is 1. The average molecular weight is 333 g/mol. The number of aliphatic hydroxyl groups excluding tert-OH is 1. The normalized spacial score (nSPS) is 28.2. The number of fused-ring (bicyclic) bond motifs is 2. The van der Waals surface area contributed by atoms with Gasteiger partial charge in [0.15, 0.2) is 0 Å². The Bertz CT molecular complexity index is 865. The average Bonchev–Trinajstić information content (AvgIpc) is 3.11. The molecule has 2 aromatic heterocycles. The number of rotatable bonds is 3. The van der Waals surface area contributed by atoms with Crippen LogP contribution in [0.1, 0.15) is 19.5 Å². The predicted molar refractivity (Wildman–Crippen MR) is 82.6 cm³/mol. The van der Waals surface area contributed by atoms with E-state index >= 15 is 0 Å². The summed E-state index contributed by atoms with van der Waals surface area (Å²) in [5.74, 6) is -2.15. The maximum atomic E-state index is 12.3. The van der Waals surface area contributed by atoms with E-state index in [0.717, 1.165) is 10.5 Å². The number of aliphatic carboxylic acids is 1. The molecule has 2 aliphatic rings. The molecular formula is C15H15N3O4S. The molecule has 0 aliphatic carbocycles. The number of β-lactam (4-membered cyclic amide) rings is 1. The van der Waals surface area contributed by atoms with Gasteiger partial charge in [-0.2, -0.15) is 0 Å². The number of hydrogen-bond acceptors (Lipinski definition) is 5. The molecule has 1 amide bonds. The SMILES string of the molecule is C[C@@H](O)[C@H]1C(=O)N2C(C(=O)O)=C(c3csc4cncn34)[C@H](C)[C@H]12. The van der Waals surface area contributed by atoms with Crippen molar-refractivity contribution in [3.63, 3.8) is 0 Å². The van der Waals surface area contributed by atoms with Crippen molar-refractivity contribution in [2.75, 3.05) is 0 Å². The molecule has 0 saturated carbocycles. The molecule has 4 rings (SSSR count). The first-order valence-corrected chi connectivity index (χ1v) is 8.20. The fraction of sp³-hybridized carbons (Fsp3) is 0.400. The van der Waals surface area contributed by atoms with Crippen LogP contribution in [0.3, 0.4) is 0 Å². The molecule has 2 N–H and O–H groups in total. The number of thiazole rings is 1. The molecule has 0 bridgehead atoms. The summed E-state index contributed by atoms with van der Waals surface area (Å²) in [4.78, 5) is 30.5. The highest BCUT2D eigenvalue weighted by Crippen LogP contribution is 2.50. The lowest BCUT2D eigenvalue weighted by Gasteiger charge is -2.46. The lowest BCUT2D eigenvalue weighted by molar-refractivity contribution is -0.163. The van der Waals surface area contributed by atoms with Gasteiger partial charge in [0.2, 0.25) is 5.91 Å². The first kappa shape index (κ1) is 14.4. The van der Waals surface area contributed by atoms with Gasteiger partial charge >= 0.3 is 5.97 Å². The van der Waals surface area contributed by atoms with Crippen LogP contribution < -0.4 is 0 Å². The van der Waals surface area contributed by atoms with Crippen LogP contribution in [0.4, 0.5) is 0 Å². The van der Waals surface area contributed by atoms with Gasteiger partial charge in [0.1, 0.15) is 16.9 Å². The number of aliphatic hydroxyl groups is 1. The van der Waals surface area contributed by atoms with E-state index in [1.807, 2.05) is 16.7 Å². The van der Waals surface area contributed by atoms with E-state index in [4.69, 9.17) is 0 Å². The number of carboxylic acid groups (broad SMARTS) is 1. The molecule has 7 nitrogen and oxygen atoms in total. The third-order valence-corrected chi connectivity index (χ3v) is 5.69. The number of carbonyl (C=O) groups is 2. The first-order chi connectivity index (χ1) is 10.9. The van der Waals surface area contributed by atoms with Gasteiger partial charge in [-0.1, -0.05) is 6.92 Å². The highest BCUT2D eigenvalue weighted by molar-refractivity contribution is 7.15. The molecule has 0 aromatic carbocycles. The fourth-order valence-electron chi connectivity index (χ4n) is 3.82. The van der Waals surface area contributed by atoms with Gasteiger partial charge < -0.3 is 15.1 Å². The van der Waals surface area contributed by atoms with E-state index in [0.29, 0.717) is 5.57 Å². The second-order valence-electron chi connectivity index (χ2n) is 6.04. The smallest absolute Gasteiger partial charge is 0.352 e. The molecule has 1 fully saturated rings. The van der Waals surface area contributed by atoms with Crippen LogP contribution in [0, 0.1) is 11.8 Å². The number of imidazole rings is 1. The number of nitrogens with zero attached hydrogens (tertiary/aromatic N) is 3. The molecule has 2 aromatic rings. The highest BCUT2D eigenvalue weighted by Gasteiger charge is 2.60. The van der Waals surface area contributed by atoms with E-state index < -0.39 is 18.0 Å². The Hall–Kier alpha value is -2.19. The van der Waals surface area contributed by atoms with Crippen LogP contribution in [0.5, 0.6) is 0 Å². The number of hydrogen-bond donors (Lipinski definition) is 2. The molecule has 1 saturated heterocycles. The molecule has 8 heteroatoms. The summed E-state index contributed by atoms with van der Waals surface area (Å²) in [6, 6.07) is -0.304. The lowest BCUT2D eigenvalue weighted by Crippen LogP contribution is -2.63. The Morgan fingerprint density at radius 1 is 1.48 bits per heavy atom. The predicted octanol–water partition coefficient (Wildman–Crippen LogP) is 1.05. The standard InChI is InChI=1S/C15H15N3O4S/c1-6-10(8-4-23-9-3-16-5-17(8)9)13(15(21)22)18-12(6)11(7(2)19)14(18)20/h3-7,11-12,19H,1-2H3,(H,21,22)/t6-,7+,11+,12+/m0/s1. The van der Waals surface area contributed by atoms with Gasteiger partial charge in [-0.25, -0.2) is 9.78 Å². The fourth-order valence-corrected chi connectivity index (χ4v) is 4.68. The van der Waals surface area contributed by atoms with Crippen molar-refractivity contribution in [3.8, 4) is 0 Å². The zero-order valence-corrected chi connectivity index (χ0v) is 13.3. The van der Waals surface area contributed by atoms with Crippen molar-refractivity contribution in [3.05, 3.63) is 29.3 Å². The van der Waals surface area contributed by atoms with Crippen molar-refractivity contribution in [2.24, 2.45) is 11.8 Å². The van der Waals surface area contributed by atoms with Crippen LogP contribution in [-0.4, -0.2) is 48.5 Å². The molecule has 0 spiro atoms. The highest BCUT2D eigenvalue weighted by atomic mass is 32.1. The second-order valence-corrected chi connectivity index (χ2v) is 6.93. The van der Waals surface area contributed by atoms with Crippen molar-refractivity contribution < 1.29 is 19.8 Å². The molecule has 0 unspecified atom stereocenters. The zero-order valence-electron chi connectivity index (χ0n) is 12.5. The topological polar surface area (TPSA) is 95.1 Å². The van der Waals surface area contributed by atoms with E-state index in [9.17, 15) is 19.8 Å². The Morgan fingerprint density at radius 3 is 2.87 bits per heavy atom. The maximum Gasteiger partial charge on any atom is 0.352 e. The van der Waals surface area contributed by atoms with Crippen LogP contribution in [0.2, 0.25) is 0 Å². The molecule has 2 aliphatic heterocycles. The largest absolute Gasteiger partial charge is 0.477 e. The van der Waals surface area contributed by atoms with Gasteiger partial charge in [-0.15, -0.1) is 11.3 Å². The van der Waals surface area contributed by atoms with Gasteiger partial charge in [0, 0.05) is 16.9 Å². The van der Waals surface area contributed by atoms with Gasteiger partial charge in [-0.3, -0.25) is 9.20 Å². The quantitative estimate of drug-likeness (QED) is 0.819. The Labute approximate surface area is 135 Å². The molecular weight excluding hydrogens is 318 g/mol.